The van der Waals surface area contributed by atoms with Gasteiger partial charge in [0, 0.05) is 16.7 Å². The molecule has 3 rings (SSSR count). The SMILES string of the molecule is CCOc1cccc(/C=N/NC(=O)c2[nH]nc(-c3ccccc3)c2C)c1O. The van der Waals surface area contributed by atoms with E-state index in [0.717, 1.165) is 11.1 Å². The van der Waals surface area contributed by atoms with Crippen LogP contribution in [0, 0.1) is 6.92 Å². The maximum atomic E-state index is 12.4. The number of nitrogens with one attached hydrogen (secondary N) is 2. The molecule has 138 valence electrons. The summed E-state index contributed by atoms with van der Waals surface area (Å²) in [6, 6.07) is 14.7. The molecule has 0 fully saturated rings. The fourth-order valence-corrected chi connectivity index (χ4v) is 2.63. The van der Waals surface area contributed by atoms with E-state index in [9.17, 15) is 9.90 Å². The number of rotatable bonds is 6. The molecule has 0 saturated heterocycles. The molecular weight excluding hydrogens is 344 g/mol. The van der Waals surface area contributed by atoms with E-state index in [0.29, 0.717) is 29.3 Å². The Morgan fingerprint density at radius 2 is 2.04 bits per heavy atom. The van der Waals surface area contributed by atoms with Crippen molar-refractivity contribution >= 4 is 12.1 Å². The van der Waals surface area contributed by atoms with Gasteiger partial charge in [-0.2, -0.15) is 10.2 Å². The van der Waals surface area contributed by atoms with Crippen LogP contribution in [-0.2, 0) is 0 Å². The minimum absolute atomic E-state index is 0.0265. The number of hydrazone groups is 1. The first-order chi connectivity index (χ1) is 13.1. The number of aromatic amines is 1. The predicted octanol–water partition coefficient (Wildman–Crippen LogP) is 3.25. The molecule has 1 amide bonds. The van der Waals surface area contributed by atoms with Crippen LogP contribution in [0.2, 0.25) is 0 Å². The Morgan fingerprint density at radius 3 is 2.78 bits per heavy atom. The summed E-state index contributed by atoms with van der Waals surface area (Å²) in [4.78, 5) is 12.4. The lowest BCUT2D eigenvalue weighted by Gasteiger charge is -2.07. The molecule has 7 nitrogen and oxygen atoms in total. The van der Waals surface area contributed by atoms with Gasteiger partial charge in [-0.1, -0.05) is 36.4 Å². The number of phenols is 1. The lowest BCUT2D eigenvalue weighted by molar-refractivity contribution is 0.0949. The molecule has 27 heavy (non-hydrogen) atoms. The minimum atomic E-state index is -0.418. The molecule has 1 aromatic heterocycles. The zero-order valence-electron chi connectivity index (χ0n) is 15.1. The Kier molecular flexibility index (Phi) is 5.51. The number of carbonyl (C=O) groups is 1. The first-order valence-electron chi connectivity index (χ1n) is 8.50. The van der Waals surface area contributed by atoms with Crippen LogP contribution < -0.4 is 10.2 Å². The summed E-state index contributed by atoms with van der Waals surface area (Å²) >= 11 is 0. The smallest absolute Gasteiger partial charge is 0.289 e. The Bertz CT molecular complexity index is 965. The van der Waals surface area contributed by atoms with Crippen molar-refractivity contribution in [2.45, 2.75) is 13.8 Å². The average molecular weight is 364 g/mol. The summed E-state index contributed by atoms with van der Waals surface area (Å²) in [6.45, 7) is 4.09. The molecule has 0 aliphatic heterocycles. The van der Waals surface area contributed by atoms with Crippen molar-refractivity contribution in [1.82, 2.24) is 15.6 Å². The highest BCUT2D eigenvalue weighted by Gasteiger charge is 2.16. The van der Waals surface area contributed by atoms with Crippen molar-refractivity contribution in [2.75, 3.05) is 6.61 Å². The topological polar surface area (TPSA) is 99.6 Å². The van der Waals surface area contributed by atoms with Crippen LogP contribution in [0.4, 0.5) is 0 Å². The van der Waals surface area contributed by atoms with E-state index in [1.165, 1.54) is 6.21 Å². The van der Waals surface area contributed by atoms with Crippen LogP contribution in [-0.4, -0.2) is 34.0 Å². The third-order valence-electron chi connectivity index (χ3n) is 3.98. The van der Waals surface area contributed by atoms with Gasteiger partial charge in [0.05, 0.1) is 18.5 Å². The number of ether oxygens (including phenoxy) is 1. The van der Waals surface area contributed by atoms with Crippen molar-refractivity contribution in [3.63, 3.8) is 0 Å². The standard InChI is InChI=1S/C20H20N4O3/c1-3-27-16-11-7-10-15(19(16)25)12-21-24-20(26)18-13(2)17(22-23-18)14-8-5-4-6-9-14/h4-12,25H,3H2,1-2H3,(H,22,23)(H,24,26)/b21-12+. The summed E-state index contributed by atoms with van der Waals surface area (Å²) in [5.74, 6) is -0.0787. The van der Waals surface area contributed by atoms with Crippen LogP contribution in [0.5, 0.6) is 11.5 Å². The maximum Gasteiger partial charge on any atom is 0.289 e. The van der Waals surface area contributed by atoms with Crippen LogP contribution in [0.1, 0.15) is 28.5 Å². The first-order valence-corrected chi connectivity index (χ1v) is 8.50. The number of nitrogens with zero attached hydrogens (tertiary/aromatic N) is 2. The zero-order valence-corrected chi connectivity index (χ0v) is 15.1. The molecule has 0 aliphatic carbocycles. The number of para-hydroxylation sites is 1. The number of hydrogen-bond acceptors (Lipinski definition) is 5. The van der Waals surface area contributed by atoms with E-state index in [2.05, 4.69) is 20.7 Å². The number of benzene rings is 2. The maximum absolute atomic E-state index is 12.4. The number of carbonyl (C=O) groups excluding carboxylic acids is 1. The van der Waals surface area contributed by atoms with Gasteiger partial charge >= 0.3 is 0 Å². The van der Waals surface area contributed by atoms with Crippen molar-refractivity contribution in [1.29, 1.82) is 0 Å². The molecule has 0 saturated carbocycles. The van der Waals surface area contributed by atoms with Crippen molar-refractivity contribution < 1.29 is 14.6 Å². The summed E-state index contributed by atoms with van der Waals surface area (Å²) in [5, 5.41) is 21.0. The number of amides is 1. The molecule has 1 heterocycles. The Hall–Kier alpha value is -3.61. The lowest BCUT2D eigenvalue weighted by Crippen LogP contribution is -2.19. The molecule has 0 atom stereocenters. The van der Waals surface area contributed by atoms with Gasteiger partial charge in [-0.05, 0) is 26.0 Å². The molecule has 0 bridgehead atoms. The number of H-pyrrole nitrogens is 1. The second-order valence-corrected chi connectivity index (χ2v) is 5.76. The van der Waals surface area contributed by atoms with Gasteiger partial charge in [0.25, 0.3) is 5.91 Å². The van der Waals surface area contributed by atoms with E-state index < -0.39 is 5.91 Å². The fraction of sp³-hybridized carbons (Fsp3) is 0.150. The zero-order chi connectivity index (χ0) is 19.2. The molecule has 2 aromatic carbocycles. The van der Waals surface area contributed by atoms with Gasteiger partial charge < -0.3 is 9.84 Å². The van der Waals surface area contributed by atoms with Crippen LogP contribution in [0.25, 0.3) is 11.3 Å². The van der Waals surface area contributed by atoms with Gasteiger partial charge in [0.2, 0.25) is 0 Å². The first kappa shape index (κ1) is 18.2. The van der Waals surface area contributed by atoms with Crippen LogP contribution >= 0.6 is 0 Å². The van der Waals surface area contributed by atoms with Crippen LogP contribution in [0.15, 0.2) is 53.6 Å². The number of phenolic OH excluding ortho intramolecular Hbond substituents is 1. The van der Waals surface area contributed by atoms with E-state index in [1.54, 1.807) is 18.2 Å². The van der Waals surface area contributed by atoms with E-state index in [-0.39, 0.29) is 5.75 Å². The Morgan fingerprint density at radius 1 is 1.26 bits per heavy atom. The highest BCUT2D eigenvalue weighted by atomic mass is 16.5. The second-order valence-electron chi connectivity index (χ2n) is 5.76. The highest BCUT2D eigenvalue weighted by molar-refractivity contribution is 5.96. The van der Waals surface area contributed by atoms with Crippen molar-refractivity contribution in [2.24, 2.45) is 5.10 Å². The fourth-order valence-electron chi connectivity index (χ4n) is 2.63. The number of aromatic nitrogens is 2. The normalized spacial score (nSPS) is 10.9. The highest BCUT2D eigenvalue weighted by Crippen LogP contribution is 2.28. The molecule has 0 spiro atoms. The molecule has 0 unspecified atom stereocenters. The van der Waals surface area contributed by atoms with Gasteiger partial charge in [-0.25, -0.2) is 5.43 Å². The van der Waals surface area contributed by atoms with Gasteiger partial charge in [-0.3, -0.25) is 9.89 Å². The minimum Gasteiger partial charge on any atom is -0.504 e. The quantitative estimate of drug-likeness (QED) is 0.462. The number of aromatic hydroxyl groups is 1. The van der Waals surface area contributed by atoms with E-state index >= 15 is 0 Å². The summed E-state index contributed by atoms with van der Waals surface area (Å²) in [5.41, 5.74) is 5.58. The Balaban J connectivity index is 1.73. The molecule has 0 aliphatic rings. The monoisotopic (exact) mass is 364 g/mol. The van der Waals surface area contributed by atoms with Gasteiger partial charge in [0.1, 0.15) is 5.69 Å². The molecule has 3 N–H and O–H groups in total. The van der Waals surface area contributed by atoms with E-state index in [1.807, 2.05) is 44.2 Å². The van der Waals surface area contributed by atoms with Gasteiger partial charge in [-0.15, -0.1) is 0 Å². The van der Waals surface area contributed by atoms with Crippen molar-refractivity contribution in [3.8, 4) is 22.8 Å². The Labute approximate surface area is 156 Å². The molecular formula is C20H20N4O3. The molecule has 3 aromatic rings. The third-order valence-corrected chi connectivity index (χ3v) is 3.98. The summed E-state index contributed by atoms with van der Waals surface area (Å²) in [7, 11) is 0. The number of hydrogen-bond donors (Lipinski definition) is 3. The van der Waals surface area contributed by atoms with Crippen molar-refractivity contribution in [3.05, 3.63) is 65.4 Å². The predicted molar refractivity (Wildman–Crippen MR) is 103 cm³/mol. The lowest BCUT2D eigenvalue weighted by atomic mass is 10.1. The second kappa shape index (κ2) is 8.18. The molecule has 7 heteroatoms. The molecule has 0 radical (unpaired) electrons. The third kappa shape index (κ3) is 3.98. The van der Waals surface area contributed by atoms with Gasteiger partial charge in [0.15, 0.2) is 11.5 Å². The summed E-state index contributed by atoms with van der Waals surface area (Å²) in [6.07, 6.45) is 1.36. The summed E-state index contributed by atoms with van der Waals surface area (Å²) < 4.78 is 5.32. The van der Waals surface area contributed by atoms with E-state index in [4.69, 9.17) is 4.74 Å². The average Bonchev–Trinajstić information content (AvgIpc) is 3.07. The largest absolute Gasteiger partial charge is 0.504 e. The van der Waals surface area contributed by atoms with Crippen LogP contribution in [0.3, 0.4) is 0 Å².